The fourth-order valence-corrected chi connectivity index (χ4v) is 6.08. The first-order valence-corrected chi connectivity index (χ1v) is 14.1. The van der Waals surface area contributed by atoms with Gasteiger partial charge in [-0.1, -0.05) is 38.1 Å². The first-order chi connectivity index (χ1) is 20.4. The molecule has 0 saturated carbocycles. The number of alkyl halides is 3. The number of ether oxygens (including phenoxy) is 2. The molecule has 0 unspecified atom stereocenters. The summed E-state index contributed by atoms with van der Waals surface area (Å²) in [6.07, 6.45) is -3.00. The Bertz CT molecular complexity index is 1480. The van der Waals surface area contributed by atoms with Crippen LogP contribution in [0.4, 0.5) is 40.7 Å². The van der Waals surface area contributed by atoms with E-state index in [2.05, 4.69) is 31.7 Å². The fraction of sp³-hybridized carbons (Fsp3) is 0.375. The smallest absolute Gasteiger partial charge is 0.406 e. The third kappa shape index (κ3) is 6.47. The lowest BCUT2D eigenvalue weighted by atomic mass is 9.74. The number of nitrogens with one attached hydrogen (secondary N) is 3. The number of methoxy groups -OCH3 is 1. The van der Waals surface area contributed by atoms with E-state index in [0.717, 1.165) is 55.0 Å². The molecule has 0 bridgehead atoms. The summed E-state index contributed by atoms with van der Waals surface area (Å²) in [5.41, 5.74) is 3.19. The second kappa shape index (κ2) is 11.9. The lowest BCUT2D eigenvalue weighted by molar-refractivity contribution is -0.274. The van der Waals surface area contributed by atoms with Crippen LogP contribution in [0.15, 0.2) is 66.7 Å². The molecule has 11 heteroatoms. The van der Waals surface area contributed by atoms with Crippen molar-refractivity contribution in [3.8, 4) is 5.75 Å². The van der Waals surface area contributed by atoms with Gasteiger partial charge >= 0.3 is 12.4 Å². The summed E-state index contributed by atoms with van der Waals surface area (Å²) in [5.74, 6) is -0.411. The van der Waals surface area contributed by atoms with Gasteiger partial charge in [-0.15, -0.1) is 13.2 Å². The number of para-hydroxylation sites is 3. The van der Waals surface area contributed by atoms with Crippen LogP contribution in [0.5, 0.6) is 5.75 Å². The molecule has 0 atom stereocenters. The highest BCUT2D eigenvalue weighted by atomic mass is 19.4. The molecule has 5 rings (SSSR count). The van der Waals surface area contributed by atoms with E-state index >= 15 is 0 Å². The molecular weight excluding hydrogens is 561 g/mol. The van der Waals surface area contributed by atoms with Gasteiger partial charge in [0.05, 0.1) is 29.1 Å². The number of benzene rings is 3. The number of halogens is 3. The van der Waals surface area contributed by atoms with Crippen LogP contribution < -0.4 is 25.6 Å². The van der Waals surface area contributed by atoms with E-state index in [1.807, 2.05) is 38.1 Å². The van der Waals surface area contributed by atoms with Gasteiger partial charge in [0.15, 0.2) is 5.78 Å². The summed E-state index contributed by atoms with van der Waals surface area (Å²) in [6.45, 7) is 6.37. The van der Waals surface area contributed by atoms with Crippen LogP contribution in [0, 0.1) is 5.41 Å². The number of hydrogen-bond donors (Lipinski definition) is 3. The van der Waals surface area contributed by atoms with E-state index in [4.69, 9.17) is 4.74 Å². The molecule has 2 aliphatic heterocycles. The SMILES string of the molecule is COCC(C)(C)C(=O)c1cccc2c1N(c1ccccc1NC(=O)Nc1ccc(OC(F)(F)F)cc1)CC21CCNCC1. The minimum absolute atomic E-state index is 0.0247. The highest BCUT2D eigenvalue weighted by Gasteiger charge is 2.46. The predicted octanol–water partition coefficient (Wildman–Crippen LogP) is 6.86. The standard InChI is InChI=1S/C32H35F3N4O4/c1-30(2,20-42-3)28(40)23-7-6-8-24-27(23)39(19-31(24)15-17-36-18-16-31)26-10-5-4-9-25(26)38-29(41)37-21-11-13-22(14-12-21)43-32(33,34)35/h4-14,36H,15-20H2,1-3H3,(H2,37,38,41). The van der Waals surface area contributed by atoms with E-state index in [1.54, 1.807) is 19.2 Å². The zero-order chi connectivity index (χ0) is 30.8. The maximum absolute atomic E-state index is 14.0. The summed E-state index contributed by atoms with van der Waals surface area (Å²) >= 11 is 0. The molecule has 228 valence electrons. The Hall–Kier alpha value is -4.09. The Morgan fingerprint density at radius 3 is 2.33 bits per heavy atom. The number of Topliss-reactive ketones (excluding diaryl/α,β-unsaturated/α-hetero) is 1. The highest BCUT2D eigenvalue weighted by Crippen LogP contribution is 2.52. The van der Waals surface area contributed by atoms with Gasteiger partial charge in [0, 0.05) is 30.3 Å². The fourth-order valence-electron chi connectivity index (χ4n) is 6.08. The summed E-state index contributed by atoms with van der Waals surface area (Å²) < 4.78 is 46.8. The van der Waals surface area contributed by atoms with Gasteiger partial charge in [0.2, 0.25) is 0 Å². The number of ketones is 1. The monoisotopic (exact) mass is 596 g/mol. The van der Waals surface area contributed by atoms with Crippen molar-refractivity contribution in [1.82, 2.24) is 5.32 Å². The number of fused-ring (bicyclic) bond motifs is 2. The molecule has 0 aliphatic carbocycles. The summed E-state index contributed by atoms with van der Waals surface area (Å²) in [7, 11) is 1.58. The topological polar surface area (TPSA) is 91.9 Å². The average molecular weight is 597 g/mol. The van der Waals surface area contributed by atoms with Gasteiger partial charge < -0.3 is 30.3 Å². The van der Waals surface area contributed by atoms with Crippen molar-refractivity contribution in [1.29, 1.82) is 0 Å². The van der Waals surface area contributed by atoms with Crippen LogP contribution in [0.1, 0.15) is 42.6 Å². The van der Waals surface area contributed by atoms with E-state index in [9.17, 15) is 22.8 Å². The molecular formula is C32H35F3N4O4. The number of carbonyl (C=O) groups is 2. The van der Waals surface area contributed by atoms with Crippen LogP contribution in [0.2, 0.25) is 0 Å². The van der Waals surface area contributed by atoms with Crippen molar-refractivity contribution in [2.24, 2.45) is 5.41 Å². The van der Waals surface area contributed by atoms with Gasteiger partial charge in [-0.3, -0.25) is 4.79 Å². The molecule has 1 spiro atoms. The lowest BCUT2D eigenvalue weighted by Gasteiger charge is -2.35. The number of anilines is 4. The summed E-state index contributed by atoms with van der Waals surface area (Å²) in [5, 5.41) is 8.99. The van der Waals surface area contributed by atoms with Crippen molar-refractivity contribution in [3.63, 3.8) is 0 Å². The zero-order valence-corrected chi connectivity index (χ0v) is 24.3. The van der Waals surface area contributed by atoms with E-state index in [1.165, 1.54) is 12.1 Å². The number of rotatable bonds is 8. The number of carbonyl (C=O) groups excluding carboxylic acids is 2. The molecule has 3 aromatic rings. The molecule has 2 heterocycles. The van der Waals surface area contributed by atoms with Crippen molar-refractivity contribution in [2.75, 3.05) is 48.9 Å². The van der Waals surface area contributed by atoms with Crippen molar-refractivity contribution < 1.29 is 32.2 Å². The van der Waals surface area contributed by atoms with Crippen LogP contribution >= 0.6 is 0 Å². The quantitative estimate of drug-likeness (QED) is 0.246. The molecule has 1 fully saturated rings. The maximum atomic E-state index is 14.0. The normalized spacial score (nSPS) is 16.1. The molecule has 2 aliphatic rings. The van der Waals surface area contributed by atoms with Crippen LogP contribution in [0.25, 0.3) is 0 Å². The zero-order valence-electron chi connectivity index (χ0n) is 24.3. The van der Waals surface area contributed by atoms with Crippen LogP contribution in [-0.4, -0.2) is 51.5 Å². The van der Waals surface area contributed by atoms with E-state index < -0.39 is 17.8 Å². The van der Waals surface area contributed by atoms with Crippen LogP contribution in [0.3, 0.4) is 0 Å². The molecule has 0 radical (unpaired) electrons. The van der Waals surface area contributed by atoms with E-state index in [0.29, 0.717) is 17.8 Å². The molecule has 1 saturated heterocycles. The Morgan fingerprint density at radius 1 is 0.953 bits per heavy atom. The van der Waals surface area contributed by atoms with Gasteiger partial charge in [0.25, 0.3) is 0 Å². The largest absolute Gasteiger partial charge is 0.573 e. The lowest BCUT2D eigenvalue weighted by Crippen LogP contribution is -2.42. The van der Waals surface area contributed by atoms with Gasteiger partial charge in [0.1, 0.15) is 5.75 Å². The highest BCUT2D eigenvalue weighted by molar-refractivity contribution is 6.08. The number of hydrogen-bond acceptors (Lipinski definition) is 6. The Kier molecular flexibility index (Phi) is 8.40. The first kappa shape index (κ1) is 30.4. The van der Waals surface area contributed by atoms with Crippen molar-refractivity contribution in [3.05, 3.63) is 77.9 Å². The number of piperidine rings is 1. The predicted molar refractivity (Wildman–Crippen MR) is 159 cm³/mol. The Morgan fingerprint density at radius 2 is 1.65 bits per heavy atom. The van der Waals surface area contributed by atoms with Gasteiger partial charge in [-0.25, -0.2) is 4.79 Å². The minimum Gasteiger partial charge on any atom is -0.406 e. The van der Waals surface area contributed by atoms with Crippen molar-refractivity contribution in [2.45, 2.75) is 38.5 Å². The summed E-state index contributed by atoms with van der Waals surface area (Å²) in [6, 6.07) is 17.6. The molecule has 2 amide bonds. The Labute approximate surface area is 248 Å². The third-order valence-electron chi connectivity index (χ3n) is 8.05. The first-order valence-electron chi connectivity index (χ1n) is 14.1. The molecule has 8 nitrogen and oxygen atoms in total. The van der Waals surface area contributed by atoms with Gasteiger partial charge in [-0.2, -0.15) is 0 Å². The van der Waals surface area contributed by atoms with E-state index in [-0.39, 0.29) is 29.2 Å². The second-order valence-electron chi connectivity index (χ2n) is 11.6. The molecule has 3 N–H and O–H groups in total. The number of nitrogens with zero attached hydrogens (tertiary/aromatic N) is 1. The average Bonchev–Trinajstić information content (AvgIpc) is 3.27. The molecule has 43 heavy (non-hydrogen) atoms. The molecule has 0 aromatic heterocycles. The second-order valence-corrected chi connectivity index (χ2v) is 11.6. The number of amides is 2. The van der Waals surface area contributed by atoms with Crippen LogP contribution in [-0.2, 0) is 10.2 Å². The summed E-state index contributed by atoms with van der Waals surface area (Å²) in [4.78, 5) is 29.1. The van der Waals surface area contributed by atoms with Crippen molar-refractivity contribution >= 4 is 34.6 Å². The molecule has 3 aromatic carbocycles. The maximum Gasteiger partial charge on any atom is 0.573 e. The third-order valence-corrected chi connectivity index (χ3v) is 8.05. The van der Waals surface area contributed by atoms with Gasteiger partial charge in [-0.05, 0) is 74.0 Å². The number of urea groups is 1. The Balaban J connectivity index is 1.47. The minimum atomic E-state index is -4.80.